The van der Waals surface area contributed by atoms with Gasteiger partial charge in [0.2, 0.25) is 0 Å². The Labute approximate surface area is 93.7 Å². The first kappa shape index (κ1) is 14.6. The zero-order valence-electron chi connectivity index (χ0n) is 9.40. The van der Waals surface area contributed by atoms with Crippen LogP contribution in [0.3, 0.4) is 0 Å². The van der Waals surface area contributed by atoms with Crippen molar-refractivity contribution < 1.29 is 18.3 Å². The van der Waals surface area contributed by atoms with Crippen molar-refractivity contribution in [3.05, 3.63) is 0 Å². The highest BCUT2D eigenvalue weighted by Gasteiger charge is 2.19. The summed E-state index contributed by atoms with van der Waals surface area (Å²) in [6.07, 6.45) is 3.52. The van der Waals surface area contributed by atoms with Crippen LogP contribution in [0.1, 0.15) is 39.5 Å². The van der Waals surface area contributed by atoms with Gasteiger partial charge >= 0.3 is 5.97 Å². The van der Waals surface area contributed by atoms with E-state index in [1.807, 2.05) is 6.92 Å². The molecule has 0 heterocycles. The monoisotopic (exact) mass is 236 g/mol. The number of esters is 1. The van der Waals surface area contributed by atoms with Crippen LogP contribution in [0.15, 0.2) is 0 Å². The van der Waals surface area contributed by atoms with E-state index in [1.54, 1.807) is 0 Å². The van der Waals surface area contributed by atoms with Crippen molar-refractivity contribution in [2.24, 2.45) is 5.92 Å². The minimum absolute atomic E-state index is 0.0247. The van der Waals surface area contributed by atoms with Crippen molar-refractivity contribution in [3.63, 3.8) is 0 Å². The molecule has 0 aromatic rings. The quantitative estimate of drug-likeness (QED) is 0.397. The molecule has 5 heteroatoms. The summed E-state index contributed by atoms with van der Waals surface area (Å²) in [4.78, 5) is 11.4. The standard InChI is InChI=1S/C10H20O4S/c1-3-5-6-7-14-10(11)9(4-2)8-15(12)13/h9H,3-8H2,1-2H3,(H,12,13). The van der Waals surface area contributed by atoms with Crippen molar-refractivity contribution in [2.45, 2.75) is 39.5 Å². The molecule has 0 aliphatic carbocycles. The molecule has 2 unspecified atom stereocenters. The summed E-state index contributed by atoms with van der Waals surface area (Å²) in [7, 11) is 0. The van der Waals surface area contributed by atoms with Crippen LogP contribution >= 0.6 is 0 Å². The van der Waals surface area contributed by atoms with Gasteiger partial charge < -0.3 is 9.29 Å². The van der Waals surface area contributed by atoms with Gasteiger partial charge in [-0.1, -0.05) is 26.7 Å². The number of rotatable bonds is 8. The second kappa shape index (κ2) is 8.85. The predicted octanol–water partition coefficient (Wildman–Crippen LogP) is 1.97. The third kappa shape index (κ3) is 7.50. The van der Waals surface area contributed by atoms with Gasteiger partial charge in [0.25, 0.3) is 0 Å². The number of hydrogen-bond acceptors (Lipinski definition) is 3. The molecule has 0 aromatic heterocycles. The molecule has 4 nitrogen and oxygen atoms in total. The summed E-state index contributed by atoms with van der Waals surface area (Å²) < 4.78 is 24.2. The van der Waals surface area contributed by atoms with Gasteiger partial charge in [-0.05, 0) is 12.8 Å². The van der Waals surface area contributed by atoms with Crippen LogP contribution in [0.5, 0.6) is 0 Å². The Morgan fingerprint density at radius 1 is 1.40 bits per heavy atom. The molecule has 0 amide bonds. The van der Waals surface area contributed by atoms with Gasteiger partial charge in [-0.15, -0.1) is 0 Å². The lowest BCUT2D eigenvalue weighted by Gasteiger charge is -2.11. The van der Waals surface area contributed by atoms with Gasteiger partial charge in [-0.2, -0.15) is 0 Å². The molecule has 0 saturated heterocycles. The van der Waals surface area contributed by atoms with Crippen LogP contribution in [0.4, 0.5) is 0 Å². The van der Waals surface area contributed by atoms with E-state index < -0.39 is 17.0 Å². The van der Waals surface area contributed by atoms with Crippen LogP contribution in [-0.2, 0) is 20.6 Å². The first-order valence-corrected chi connectivity index (χ1v) is 6.63. The van der Waals surface area contributed by atoms with E-state index in [0.29, 0.717) is 13.0 Å². The molecule has 0 spiro atoms. The second-order valence-corrected chi connectivity index (χ2v) is 4.44. The van der Waals surface area contributed by atoms with E-state index in [0.717, 1.165) is 19.3 Å². The molecule has 90 valence electrons. The molecule has 0 rings (SSSR count). The first-order valence-electron chi connectivity index (χ1n) is 5.35. The number of ether oxygens (including phenoxy) is 1. The highest BCUT2D eigenvalue weighted by Crippen LogP contribution is 2.07. The Bertz CT molecular complexity index is 206. The lowest BCUT2D eigenvalue weighted by Crippen LogP contribution is -2.23. The molecule has 0 aliphatic heterocycles. The van der Waals surface area contributed by atoms with Crippen molar-refractivity contribution in [3.8, 4) is 0 Å². The summed E-state index contributed by atoms with van der Waals surface area (Å²) in [5, 5.41) is 0. The van der Waals surface area contributed by atoms with Gasteiger partial charge in [0.05, 0.1) is 18.3 Å². The van der Waals surface area contributed by atoms with Crippen LogP contribution in [0.2, 0.25) is 0 Å². The molecule has 15 heavy (non-hydrogen) atoms. The van der Waals surface area contributed by atoms with Gasteiger partial charge in [0.15, 0.2) is 11.1 Å². The minimum Gasteiger partial charge on any atom is -0.465 e. The van der Waals surface area contributed by atoms with E-state index in [-0.39, 0.29) is 11.7 Å². The fourth-order valence-electron chi connectivity index (χ4n) is 1.17. The zero-order valence-corrected chi connectivity index (χ0v) is 10.2. The summed E-state index contributed by atoms with van der Waals surface area (Å²) in [6, 6.07) is 0. The smallest absolute Gasteiger partial charge is 0.309 e. The summed E-state index contributed by atoms with van der Waals surface area (Å²) >= 11 is -1.93. The Hall–Kier alpha value is -0.420. The molecule has 0 aromatic carbocycles. The normalized spacial score (nSPS) is 14.6. The lowest BCUT2D eigenvalue weighted by molar-refractivity contribution is -0.148. The van der Waals surface area contributed by atoms with E-state index in [9.17, 15) is 9.00 Å². The van der Waals surface area contributed by atoms with Crippen molar-refractivity contribution in [2.75, 3.05) is 12.4 Å². The second-order valence-electron chi connectivity index (χ2n) is 3.47. The number of carbonyl (C=O) groups excluding carboxylic acids is 1. The van der Waals surface area contributed by atoms with E-state index in [1.165, 1.54) is 0 Å². The maximum atomic E-state index is 11.4. The molecular weight excluding hydrogens is 216 g/mol. The third-order valence-corrected chi connectivity index (χ3v) is 2.85. The van der Waals surface area contributed by atoms with Crippen molar-refractivity contribution >= 4 is 17.0 Å². The summed E-state index contributed by atoms with van der Waals surface area (Å²) in [6.45, 7) is 4.30. The average molecular weight is 236 g/mol. The third-order valence-electron chi connectivity index (χ3n) is 2.16. The molecule has 0 bridgehead atoms. The average Bonchev–Trinajstić information content (AvgIpc) is 2.20. The fourth-order valence-corrected chi connectivity index (χ4v) is 1.88. The number of carbonyl (C=O) groups is 1. The molecule has 0 fully saturated rings. The van der Waals surface area contributed by atoms with Crippen molar-refractivity contribution in [1.82, 2.24) is 0 Å². The Morgan fingerprint density at radius 3 is 2.53 bits per heavy atom. The summed E-state index contributed by atoms with van der Waals surface area (Å²) in [5.74, 6) is -0.822. The topological polar surface area (TPSA) is 63.6 Å². The minimum atomic E-state index is -1.93. The Morgan fingerprint density at radius 2 is 2.07 bits per heavy atom. The van der Waals surface area contributed by atoms with E-state index in [2.05, 4.69) is 6.92 Å². The van der Waals surface area contributed by atoms with Gasteiger partial charge in [-0.25, -0.2) is 4.21 Å². The fraction of sp³-hybridized carbons (Fsp3) is 0.900. The van der Waals surface area contributed by atoms with E-state index >= 15 is 0 Å². The lowest BCUT2D eigenvalue weighted by atomic mass is 10.1. The van der Waals surface area contributed by atoms with Crippen LogP contribution in [0.25, 0.3) is 0 Å². The SMILES string of the molecule is CCCCCOC(=O)C(CC)CS(=O)O. The molecule has 0 radical (unpaired) electrons. The van der Waals surface area contributed by atoms with Gasteiger partial charge in [-0.3, -0.25) is 4.79 Å². The number of unbranched alkanes of at least 4 members (excludes halogenated alkanes) is 2. The van der Waals surface area contributed by atoms with Gasteiger partial charge in [0, 0.05) is 0 Å². The highest BCUT2D eigenvalue weighted by atomic mass is 32.2. The van der Waals surface area contributed by atoms with Crippen LogP contribution in [0, 0.1) is 5.92 Å². The zero-order chi connectivity index (χ0) is 11.7. The first-order chi connectivity index (χ1) is 7.11. The van der Waals surface area contributed by atoms with E-state index in [4.69, 9.17) is 9.29 Å². The maximum absolute atomic E-state index is 11.4. The molecule has 2 atom stereocenters. The van der Waals surface area contributed by atoms with Crippen molar-refractivity contribution in [1.29, 1.82) is 0 Å². The largest absolute Gasteiger partial charge is 0.465 e. The van der Waals surface area contributed by atoms with Crippen LogP contribution < -0.4 is 0 Å². The Balaban J connectivity index is 3.78. The Kier molecular flexibility index (Phi) is 8.61. The number of hydrogen-bond donors (Lipinski definition) is 1. The molecule has 0 saturated carbocycles. The molecule has 1 N–H and O–H groups in total. The maximum Gasteiger partial charge on any atom is 0.309 e. The highest BCUT2D eigenvalue weighted by molar-refractivity contribution is 7.79. The predicted molar refractivity (Wildman–Crippen MR) is 59.9 cm³/mol. The van der Waals surface area contributed by atoms with Crippen LogP contribution in [-0.4, -0.2) is 27.1 Å². The summed E-state index contributed by atoms with van der Waals surface area (Å²) in [5.41, 5.74) is 0. The molecule has 0 aliphatic rings. The molecular formula is C10H20O4S. The van der Waals surface area contributed by atoms with Gasteiger partial charge in [0.1, 0.15) is 0 Å².